The van der Waals surface area contributed by atoms with Crippen LogP contribution in [-0.4, -0.2) is 29.8 Å². The SMILES string of the molecule is CN(Cc1ccc(F)cc1)c1ccc(OCC(=O)NCc2ccccc2C(F)(F)F)nn1. The summed E-state index contributed by atoms with van der Waals surface area (Å²) in [5, 5.41) is 10.3. The van der Waals surface area contributed by atoms with Crippen molar-refractivity contribution in [1.82, 2.24) is 15.5 Å². The Morgan fingerprint density at radius 3 is 2.41 bits per heavy atom. The topological polar surface area (TPSA) is 67.3 Å². The Balaban J connectivity index is 1.49. The zero-order chi connectivity index (χ0) is 23.1. The number of anilines is 1. The molecule has 0 aliphatic rings. The number of hydrogen-bond donors (Lipinski definition) is 1. The Labute approximate surface area is 181 Å². The second-order valence-corrected chi connectivity index (χ2v) is 6.93. The lowest BCUT2D eigenvalue weighted by Gasteiger charge is -2.17. The first-order chi connectivity index (χ1) is 15.2. The number of aromatic nitrogens is 2. The number of carbonyl (C=O) groups is 1. The van der Waals surface area contributed by atoms with Crippen molar-refractivity contribution >= 4 is 11.7 Å². The van der Waals surface area contributed by atoms with Gasteiger partial charge in [-0.2, -0.15) is 13.2 Å². The van der Waals surface area contributed by atoms with Gasteiger partial charge >= 0.3 is 6.18 Å². The minimum Gasteiger partial charge on any atom is -0.466 e. The van der Waals surface area contributed by atoms with Crippen LogP contribution in [0.3, 0.4) is 0 Å². The first-order valence-corrected chi connectivity index (χ1v) is 9.56. The molecule has 1 aromatic heterocycles. The van der Waals surface area contributed by atoms with Gasteiger partial charge < -0.3 is 15.0 Å². The third-order valence-electron chi connectivity index (χ3n) is 4.50. The van der Waals surface area contributed by atoms with Gasteiger partial charge in [-0.1, -0.05) is 30.3 Å². The van der Waals surface area contributed by atoms with E-state index in [9.17, 15) is 22.4 Å². The monoisotopic (exact) mass is 448 g/mol. The molecular formula is C22H20F4N4O2. The molecule has 0 radical (unpaired) electrons. The summed E-state index contributed by atoms with van der Waals surface area (Å²) in [7, 11) is 1.79. The van der Waals surface area contributed by atoms with Crippen LogP contribution >= 0.6 is 0 Å². The molecule has 0 fully saturated rings. The molecule has 6 nitrogen and oxygen atoms in total. The van der Waals surface area contributed by atoms with Gasteiger partial charge in [0.1, 0.15) is 5.82 Å². The minimum absolute atomic E-state index is 0.0401. The summed E-state index contributed by atoms with van der Waals surface area (Å²) in [6, 6.07) is 14.3. The lowest BCUT2D eigenvalue weighted by molar-refractivity contribution is -0.138. The molecular weight excluding hydrogens is 428 g/mol. The fourth-order valence-electron chi connectivity index (χ4n) is 2.87. The Kier molecular flexibility index (Phi) is 7.24. The predicted octanol–water partition coefficient (Wildman–Crippen LogP) is 3.97. The molecule has 0 bridgehead atoms. The lowest BCUT2D eigenvalue weighted by Crippen LogP contribution is -2.29. The molecule has 3 rings (SSSR count). The number of amides is 1. The van der Waals surface area contributed by atoms with E-state index in [-0.39, 0.29) is 23.8 Å². The molecule has 1 heterocycles. The highest BCUT2D eigenvalue weighted by molar-refractivity contribution is 5.77. The van der Waals surface area contributed by atoms with Crippen molar-refractivity contribution < 1.29 is 27.1 Å². The number of rotatable bonds is 8. The lowest BCUT2D eigenvalue weighted by atomic mass is 10.1. The maximum absolute atomic E-state index is 13.0. The van der Waals surface area contributed by atoms with Crippen LogP contribution in [0.1, 0.15) is 16.7 Å². The average Bonchev–Trinajstić information content (AvgIpc) is 2.77. The van der Waals surface area contributed by atoms with Gasteiger partial charge in [0, 0.05) is 26.2 Å². The molecule has 0 aliphatic carbocycles. The molecule has 0 atom stereocenters. The number of ether oxygens (including phenoxy) is 1. The number of alkyl halides is 3. The number of benzene rings is 2. The van der Waals surface area contributed by atoms with Crippen LogP contribution in [0.4, 0.5) is 23.4 Å². The third-order valence-corrected chi connectivity index (χ3v) is 4.50. The van der Waals surface area contributed by atoms with E-state index in [4.69, 9.17) is 4.74 Å². The van der Waals surface area contributed by atoms with E-state index in [2.05, 4.69) is 15.5 Å². The highest BCUT2D eigenvalue weighted by Crippen LogP contribution is 2.31. The van der Waals surface area contributed by atoms with Crippen molar-refractivity contribution in [3.05, 3.63) is 83.2 Å². The van der Waals surface area contributed by atoms with E-state index in [1.165, 1.54) is 36.4 Å². The van der Waals surface area contributed by atoms with Gasteiger partial charge in [0.05, 0.1) is 5.56 Å². The zero-order valence-corrected chi connectivity index (χ0v) is 17.1. The molecule has 168 valence electrons. The number of halogens is 4. The number of nitrogens with one attached hydrogen (secondary N) is 1. The Morgan fingerprint density at radius 2 is 1.75 bits per heavy atom. The summed E-state index contributed by atoms with van der Waals surface area (Å²) in [6.45, 7) is -0.221. The molecule has 0 saturated carbocycles. The van der Waals surface area contributed by atoms with E-state index in [1.54, 1.807) is 30.1 Å². The number of hydrogen-bond acceptors (Lipinski definition) is 5. The van der Waals surface area contributed by atoms with Crippen LogP contribution in [-0.2, 0) is 24.1 Å². The predicted molar refractivity (Wildman–Crippen MR) is 109 cm³/mol. The summed E-state index contributed by atoms with van der Waals surface area (Å²) >= 11 is 0. The second kappa shape index (κ2) is 10.1. The molecule has 0 aliphatic heterocycles. The molecule has 1 N–H and O–H groups in total. The summed E-state index contributed by atoms with van der Waals surface area (Å²) in [6.07, 6.45) is -4.50. The standard InChI is InChI=1S/C22H20F4N4O2/c1-30(13-15-6-8-17(23)9-7-15)19-10-11-21(29-28-19)32-14-20(31)27-12-16-4-2-3-5-18(16)22(24,25)26/h2-11H,12-14H2,1H3,(H,27,31). The summed E-state index contributed by atoms with van der Waals surface area (Å²) in [4.78, 5) is 13.8. The van der Waals surface area contributed by atoms with Crippen LogP contribution in [0.25, 0.3) is 0 Å². The van der Waals surface area contributed by atoms with Crippen molar-refractivity contribution in [2.45, 2.75) is 19.3 Å². The van der Waals surface area contributed by atoms with Crippen LogP contribution in [0, 0.1) is 5.82 Å². The van der Waals surface area contributed by atoms with Gasteiger partial charge in [0.25, 0.3) is 5.91 Å². The molecule has 0 saturated heterocycles. The Morgan fingerprint density at radius 1 is 1.03 bits per heavy atom. The highest BCUT2D eigenvalue weighted by atomic mass is 19.4. The van der Waals surface area contributed by atoms with Crippen LogP contribution in [0.15, 0.2) is 60.7 Å². The van der Waals surface area contributed by atoms with E-state index in [0.717, 1.165) is 11.6 Å². The molecule has 3 aromatic rings. The highest BCUT2D eigenvalue weighted by Gasteiger charge is 2.32. The molecule has 10 heteroatoms. The fraction of sp³-hybridized carbons (Fsp3) is 0.227. The Bertz CT molecular complexity index is 1040. The molecule has 1 amide bonds. The maximum atomic E-state index is 13.0. The summed E-state index contributed by atoms with van der Waals surface area (Å²) < 4.78 is 57.2. The molecule has 0 spiro atoms. The smallest absolute Gasteiger partial charge is 0.416 e. The number of carbonyl (C=O) groups excluding carboxylic acids is 1. The maximum Gasteiger partial charge on any atom is 0.416 e. The van der Waals surface area contributed by atoms with Gasteiger partial charge in [-0.3, -0.25) is 4.79 Å². The summed E-state index contributed by atoms with van der Waals surface area (Å²) in [5.41, 5.74) is 0.0499. The first-order valence-electron chi connectivity index (χ1n) is 9.56. The van der Waals surface area contributed by atoms with E-state index >= 15 is 0 Å². The van der Waals surface area contributed by atoms with Gasteiger partial charge in [-0.25, -0.2) is 4.39 Å². The summed E-state index contributed by atoms with van der Waals surface area (Å²) in [5.74, 6) is -0.280. The Hall–Kier alpha value is -3.69. The van der Waals surface area contributed by atoms with Crippen molar-refractivity contribution in [2.75, 3.05) is 18.6 Å². The molecule has 2 aromatic carbocycles. The second-order valence-electron chi connectivity index (χ2n) is 6.93. The van der Waals surface area contributed by atoms with Crippen molar-refractivity contribution in [3.8, 4) is 5.88 Å². The quantitative estimate of drug-likeness (QED) is 0.529. The minimum atomic E-state index is -4.50. The van der Waals surface area contributed by atoms with Crippen LogP contribution in [0.5, 0.6) is 5.88 Å². The van der Waals surface area contributed by atoms with Crippen molar-refractivity contribution in [1.29, 1.82) is 0 Å². The average molecular weight is 448 g/mol. The van der Waals surface area contributed by atoms with E-state index < -0.39 is 24.3 Å². The normalized spacial score (nSPS) is 11.2. The van der Waals surface area contributed by atoms with Gasteiger partial charge in [0.2, 0.25) is 5.88 Å². The van der Waals surface area contributed by atoms with Crippen molar-refractivity contribution in [2.24, 2.45) is 0 Å². The molecule has 0 unspecified atom stereocenters. The largest absolute Gasteiger partial charge is 0.466 e. The van der Waals surface area contributed by atoms with Gasteiger partial charge in [-0.05, 0) is 35.4 Å². The van der Waals surface area contributed by atoms with Gasteiger partial charge in [-0.15, -0.1) is 10.2 Å². The molecule has 32 heavy (non-hydrogen) atoms. The van der Waals surface area contributed by atoms with Crippen molar-refractivity contribution in [3.63, 3.8) is 0 Å². The third kappa shape index (κ3) is 6.40. The zero-order valence-electron chi connectivity index (χ0n) is 17.1. The number of nitrogens with zero attached hydrogens (tertiary/aromatic N) is 3. The van der Waals surface area contributed by atoms with Crippen LogP contribution < -0.4 is 15.0 Å². The fourth-order valence-corrected chi connectivity index (χ4v) is 2.87. The van der Waals surface area contributed by atoms with Crippen LogP contribution in [0.2, 0.25) is 0 Å². The van der Waals surface area contributed by atoms with E-state index in [0.29, 0.717) is 12.4 Å². The van der Waals surface area contributed by atoms with Gasteiger partial charge in [0.15, 0.2) is 12.4 Å². The van der Waals surface area contributed by atoms with E-state index in [1.807, 2.05) is 0 Å². The first kappa shape index (κ1) is 23.0.